The van der Waals surface area contributed by atoms with Crippen LogP contribution in [-0.4, -0.2) is 87.4 Å². The summed E-state index contributed by atoms with van der Waals surface area (Å²) in [7, 11) is 0. The van der Waals surface area contributed by atoms with Crippen molar-refractivity contribution in [2.45, 2.75) is 77.6 Å². The molecular formula is C36H41ClFN7O3. The molecule has 0 unspecified atom stereocenters. The quantitative estimate of drug-likeness (QED) is 0.201. The maximum atomic E-state index is 16.8. The van der Waals surface area contributed by atoms with E-state index in [1.807, 2.05) is 49.9 Å². The Morgan fingerprint density at radius 2 is 1.90 bits per heavy atom. The van der Waals surface area contributed by atoms with Crippen LogP contribution in [0, 0.1) is 17.1 Å². The van der Waals surface area contributed by atoms with Gasteiger partial charge in [0.15, 0.2) is 5.82 Å². The average molecular weight is 674 g/mol. The number of hydrogen-bond acceptors (Lipinski definition) is 9. The van der Waals surface area contributed by atoms with Crippen LogP contribution in [0.3, 0.4) is 0 Å². The zero-order chi connectivity index (χ0) is 34.2. The van der Waals surface area contributed by atoms with E-state index in [-0.39, 0.29) is 42.8 Å². The van der Waals surface area contributed by atoms with Crippen LogP contribution in [0.25, 0.3) is 32.9 Å². The van der Waals surface area contributed by atoms with Gasteiger partial charge in [0.05, 0.1) is 23.9 Å². The van der Waals surface area contributed by atoms with Gasteiger partial charge in [-0.1, -0.05) is 41.9 Å². The standard InChI is InChI=1S/C36H41ClFN7O3/c1-22(2)44-16-8-11-25(44)21-47-34-41-32-27(19-40-31(30(32)38)26-12-6-9-23-10-7-13-28(37)29(23)26)33(42-34)43-17-18-45(24(20-43)14-15-39)35(46)48-36(3,4)5/h6-7,9-10,12-13,19,22,24-25H,8,11,14,16-18,20-21H2,1-5H3/t24-,25-/m0/s1. The number of anilines is 1. The Morgan fingerprint density at radius 3 is 2.62 bits per heavy atom. The number of pyridine rings is 1. The minimum absolute atomic E-state index is 0.0616. The van der Waals surface area contributed by atoms with Crippen LogP contribution in [0.2, 0.25) is 5.02 Å². The summed E-state index contributed by atoms with van der Waals surface area (Å²) in [5.74, 6) is -0.179. The van der Waals surface area contributed by atoms with E-state index in [2.05, 4.69) is 34.8 Å². The van der Waals surface area contributed by atoms with E-state index in [0.717, 1.165) is 24.8 Å². The van der Waals surface area contributed by atoms with Crippen LogP contribution in [0.1, 0.15) is 53.9 Å². The molecule has 10 nitrogen and oxygen atoms in total. The Hall–Kier alpha value is -4.27. The van der Waals surface area contributed by atoms with Crippen molar-refractivity contribution < 1.29 is 18.7 Å². The number of halogens is 2. The molecule has 0 bridgehead atoms. The zero-order valence-corrected chi connectivity index (χ0v) is 28.8. The number of nitriles is 1. The van der Waals surface area contributed by atoms with Gasteiger partial charge in [0, 0.05) is 53.9 Å². The first-order chi connectivity index (χ1) is 22.9. The number of ether oxygens (including phenoxy) is 2. The summed E-state index contributed by atoms with van der Waals surface area (Å²) in [6.45, 7) is 12.1. The van der Waals surface area contributed by atoms with Crippen LogP contribution in [0.4, 0.5) is 15.0 Å². The molecule has 4 aromatic rings. The second kappa shape index (κ2) is 13.7. The molecule has 0 spiro atoms. The summed E-state index contributed by atoms with van der Waals surface area (Å²) in [5.41, 5.74) is 0.0668. The van der Waals surface area contributed by atoms with E-state index >= 15 is 4.39 Å². The third-order valence-electron chi connectivity index (χ3n) is 8.98. The summed E-state index contributed by atoms with van der Waals surface area (Å²) in [6.07, 6.45) is 3.27. The van der Waals surface area contributed by atoms with Gasteiger partial charge in [0.25, 0.3) is 0 Å². The first-order valence-corrected chi connectivity index (χ1v) is 16.9. The lowest BCUT2D eigenvalue weighted by molar-refractivity contribution is 0.0145. The van der Waals surface area contributed by atoms with Gasteiger partial charge < -0.3 is 19.3 Å². The molecule has 6 rings (SSSR count). The highest BCUT2D eigenvalue weighted by molar-refractivity contribution is 6.36. The van der Waals surface area contributed by atoms with Crippen LogP contribution in [0.15, 0.2) is 42.6 Å². The van der Waals surface area contributed by atoms with Gasteiger partial charge in [-0.15, -0.1) is 0 Å². The van der Waals surface area contributed by atoms with Crippen LogP contribution in [0.5, 0.6) is 6.01 Å². The van der Waals surface area contributed by atoms with E-state index < -0.39 is 23.6 Å². The number of hydrogen-bond donors (Lipinski definition) is 0. The molecule has 2 fully saturated rings. The lowest BCUT2D eigenvalue weighted by Gasteiger charge is -2.41. The van der Waals surface area contributed by atoms with E-state index in [9.17, 15) is 10.1 Å². The predicted molar refractivity (Wildman–Crippen MR) is 185 cm³/mol. The van der Waals surface area contributed by atoms with Crippen molar-refractivity contribution in [3.8, 4) is 23.3 Å². The second-order valence-electron chi connectivity index (χ2n) is 13.7. The number of benzene rings is 2. The molecule has 2 aliphatic heterocycles. The Kier molecular flexibility index (Phi) is 9.59. The number of carbonyl (C=O) groups excluding carboxylic acids is 1. The third-order valence-corrected chi connectivity index (χ3v) is 9.30. The number of amides is 1. The fourth-order valence-electron chi connectivity index (χ4n) is 6.78. The molecule has 0 radical (unpaired) electrons. The normalized spacial score (nSPS) is 18.9. The largest absolute Gasteiger partial charge is 0.462 e. The van der Waals surface area contributed by atoms with Crippen molar-refractivity contribution in [2.24, 2.45) is 0 Å². The van der Waals surface area contributed by atoms with E-state index in [1.54, 1.807) is 23.2 Å². The number of fused-ring (bicyclic) bond motifs is 2. The Morgan fingerprint density at radius 1 is 1.12 bits per heavy atom. The first-order valence-electron chi connectivity index (χ1n) is 16.5. The summed E-state index contributed by atoms with van der Waals surface area (Å²) in [6, 6.07) is 13.5. The van der Waals surface area contributed by atoms with Crippen molar-refractivity contribution >= 4 is 45.2 Å². The minimum Gasteiger partial charge on any atom is -0.462 e. The Labute approximate surface area is 285 Å². The Bertz CT molecular complexity index is 1870. The summed E-state index contributed by atoms with van der Waals surface area (Å²) >= 11 is 6.61. The van der Waals surface area contributed by atoms with Crippen LogP contribution < -0.4 is 9.64 Å². The van der Waals surface area contributed by atoms with E-state index in [0.29, 0.717) is 46.4 Å². The highest BCUT2D eigenvalue weighted by Crippen LogP contribution is 2.38. The summed E-state index contributed by atoms with van der Waals surface area (Å²) < 4.78 is 28.7. The number of carbonyl (C=O) groups is 1. The van der Waals surface area contributed by atoms with Gasteiger partial charge >= 0.3 is 12.1 Å². The smallest absolute Gasteiger partial charge is 0.410 e. The van der Waals surface area contributed by atoms with Gasteiger partial charge in [0.2, 0.25) is 0 Å². The molecule has 252 valence electrons. The van der Waals surface area contributed by atoms with E-state index in [1.165, 1.54) is 0 Å². The molecule has 0 aliphatic carbocycles. The molecule has 0 N–H and O–H groups in total. The number of nitrogens with zero attached hydrogens (tertiary/aromatic N) is 7. The minimum atomic E-state index is -0.680. The Balaban J connectivity index is 1.42. The second-order valence-corrected chi connectivity index (χ2v) is 14.1. The van der Waals surface area contributed by atoms with Crippen LogP contribution >= 0.6 is 11.6 Å². The number of piperazine rings is 1. The lowest BCUT2D eigenvalue weighted by atomic mass is 10.0. The van der Waals surface area contributed by atoms with Crippen molar-refractivity contribution in [1.29, 1.82) is 5.26 Å². The van der Waals surface area contributed by atoms with Crippen molar-refractivity contribution in [2.75, 3.05) is 37.7 Å². The third kappa shape index (κ3) is 6.82. The molecule has 1 amide bonds. The highest BCUT2D eigenvalue weighted by atomic mass is 35.5. The molecule has 4 heterocycles. The van der Waals surface area contributed by atoms with Gasteiger partial charge in [0.1, 0.15) is 29.2 Å². The van der Waals surface area contributed by atoms with Crippen molar-refractivity contribution in [3.63, 3.8) is 0 Å². The number of rotatable bonds is 7. The topological polar surface area (TPSA) is 108 Å². The molecule has 2 aromatic carbocycles. The maximum Gasteiger partial charge on any atom is 0.410 e. The first kappa shape index (κ1) is 33.6. The van der Waals surface area contributed by atoms with Gasteiger partial charge in [-0.2, -0.15) is 15.2 Å². The average Bonchev–Trinajstić information content (AvgIpc) is 3.52. The molecule has 0 saturated carbocycles. The van der Waals surface area contributed by atoms with Crippen molar-refractivity contribution in [1.82, 2.24) is 24.8 Å². The summed E-state index contributed by atoms with van der Waals surface area (Å²) in [4.78, 5) is 33.1. The monoisotopic (exact) mass is 673 g/mol. The van der Waals surface area contributed by atoms with Crippen LogP contribution in [-0.2, 0) is 4.74 Å². The number of aromatic nitrogens is 3. The SMILES string of the molecule is CC(C)N1CCC[C@H]1COc1nc(N2CCN(C(=O)OC(C)(C)C)[C@@H](CC#N)C2)c2cnc(-c3cccc4cccc(Cl)c34)c(F)c2n1. The van der Waals surface area contributed by atoms with E-state index in [4.69, 9.17) is 26.1 Å². The summed E-state index contributed by atoms with van der Waals surface area (Å²) in [5, 5.41) is 12.1. The molecule has 2 atom stereocenters. The predicted octanol–water partition coefficient (Wildman–Crippen LogP) is 7.23. The molecule has 2 aromatic heterocycles. The lowest BCUT2D eigenvalue weighted by Crippen LogP contribution is -2.56. The molecule has 48 heavy (non-hydrogen) atoms. The zero-order valence-electron chi connectivity index (χ0n) is 28.0. The molecule has 12 heteroatoms. The maximum absolute atomic E-state index is 16.8. The molecule has 2 saturated heterocycles. The van der Waals surface area contributed by atoms with Crippen molar-refractivity contribution in [3.05, 3.63) is 53.4 Å². The highest BCUT2D eigenvalue weighted by Gasteiger charge is 2.35. The van der Waals surface area contributed by atoms with Gasteiger partial charge in [-0.05, 0) is 65.5 Å². The van der Waals surface area contributed by atoms with Gasteiger partial charge in [-0.25, -0.2) is 9.18 Å². The fraction of sp³-hybridized carbons (Fsp3) is 0.472. The fourth-order valence-corrected chi connectivity index (χ4v) is 7.07. The molecular weight excluding hydrogens is 633 g/mol. The number of likely N-dealkylation sites (tertiary alicyclic amines) is 1. The molecule has 2 aliphatic rings. The van der Waals surface area contributed by atoms with Gasteiger partial charge in [-0.3, -0.25) is 9.88 Å².